The van der Waals surface area contributed by atoms with Gasteiger partial charge in [-0.3, -0.25) is 0 Å². The Hall–Kier alpha value is -1.49. The first kappa shape index (κ1) is 14.9. The van der Waals surface area contributed by atoms with Gasteiger partial charge in [0.1, 0.15) is 10.8 Å². The summed E-state index contributed by atoms with van der Waals surface area (Å²) in [5.41, 5.74) is 3.62. The predicted octanol–water partition coefficient (Wildman–Crippen LogP) is 4.59. The molecule has 1 heterocycles. The molecule has 6 heteroatoms. The number of pyridine rings is 1. The Morgan fingerprint density at radius 1 is 1.15 bits per heavy atom. The van der Waals surface area contributed by atoms with Gasteiger partial charge in [-0.15, -0.1) is 0 Å². The highest BCUT2D eigenvalue weighted by atomic mass is 35.5. The first-order valence-corrected chi connectivity index (χ1v) is 6.87. The highest BCUT2D eigenvalue weighted by Crippen LogP contribution is 2.33. The molecule has 0 saturated carbocycles. The minimum atomic E-state index is 0.251. The van der Waals surface area contributed by atoms with Crippen LogP contribution in [0.3, 0.4) is 0 Å². The maximum absolute atomic E-state index is 6.05. The van der Waals surface area contributed by atoms with Gasteiger partial charge in [0.2, 0.25) is 5.88 Å². The number of nitrogen functional groups attached to an aromatic ring is 1. The molecule has 3 N–H and O–H groups in total. The van der Waals surface area contributed by atoms with Crippen LogP contribution >= 0.6 is 23.2 Å². The predicted molar refractivity (Wildman–Crippen MR) is 82.7 cm³/mol. The molecule has 20 heavy (non-hydrogen) atoms. The van der Waals surface area contributed by atoms with Crippen LogP contribution in [0.1, 0.15) is 25.3 Å². The number of nitrogens with one attached hydrogen (secondary N) is 1. The van der Waals surface area contributed by atoms with Crippen molar-refractivity contribution in [2.24, 2.45) is 5.84 Å². The van der Waals surface area contributed by atoms with Gasteiger partial charge in [-0.05, 0) is 29.7 Å². The first-order valence-electron chi connectivity index (χ1n) is 6.11. The number of hydrogen-bond donors (Lipinski definition) is 2. The third-order valence-electron chi connectivity index (χ3n) is 2.80. The zero-order valence-electron chi connectivity index (χ0n) is 11.2. The summed E-state index contributed by atoms with van der Waals surface area (Å²) in [7, 11) is 0. The first-order chi connectivity index (χ1) is 9.51. The fraction of sp³-hybridized carbons (Fsp3) is 0.214. The van der Waals surface area contributed by atoms with Crippen molar-refractivity contribution < 1.29 is 4.74 Å². The third-order valence-corrected chi connectivity index (χ3v) is 3.35. The van der Waals surface area contributed by atoms with Crippen LogP contribution < -0.4 is 16.0 Å². The highest BCUT2D eigenvalue weighted by molar-refractivity contribution is 6.36. The van der Waals surface area contributed by atoms with Gasteiger partial charge in [0.25, 0.3) is 0 Å². The van der Waals surface area contributed by atoms with Gasteiger partial charge < -0.3 is 10.2 Å². The summed E-state index contributed by atoms with van der Waals surface area (Å²) in [6, 6.07) is 9.29. The molecule has 4 nitrogen and oxygen atoms in total. The van der Waals surface area contributed by atoms with Crippen LogP contribution in [-0.4, -0.2) is 4.98 Å². The lowest BCUT2D eigenvalue weighted by Crippen LogP contribution is -2.09. The second-order valence-electron chi connectivity index (χ2n) is 4.58. The van der Waals surface area contributed by atoms with Crippen molar-refractivity contribution in [1.29, 1.82) is 0 Å². The van der Waals surface area contributed by atoms with Crippen molar-refractivity contribution in [3.63, 3.8) is 0 Å². The molecular formula is C14H15Cl2N3O. The Labute approximate surface area is 127 Å². The highest BCUT2D eigenvalue weighted by Gasteiger charge is 2.11. The topological polar surface area (TPSA) is 60.2 Å². The van der Waals surface area contributed by atoms with Crippen molar-refractivity contribution in [1.82, 2.24) is 4.98 Å². The molecule has 1 aromatic heterocycles. The van der Waals surface area contributed by atoms with Crippen molar-refractivity contribution in [2.75, 3.05) is 5.43 Å². The van der Waals surface area contributed by atoms with Crippen LogP contribution in [0.15, 0.2) is 30.3 Å². The monoisotopic (exact) mass is 311 g/mol. The molecular weight excluding hydrogens is 297 g/mol. The van der Waals surface area contributed by atoms with Gasteiger partial charge in [0.15, 0.2) is 5.82 Å². The van der Waals surface area contributed by atoms with Crippen LogP contribution in [0.2, 0.25) is 10.0 Å². The van der Waals surface area contributed by atoms with E-state index in [0.717, 1.165) is 0 Å². The molecule has 2 aromatic rings. The maximum atomic E-state index is 6.05. The summed E-state index contributed by atoms with van der Waals surface area (Å²) in [5.74, 6) is 7.00. The molecule has 106 valence electrons. The van der Waals surface area contributed by atoms with E-state index in [2.05, 4.69) is 24.3 Å². The smallest absolute Gasteiger partial charge is 0.240 e. The Morgan fingerprint density at radius 3 is 2.35 bits per heavy atom. The second-order valence-corrected chi connectivity index (χ2v) is 5.39. The van der Waals surface area contributed by atoms with E-state index < -0.39 is 0 Å². The molecule has 0 unspecified atom stereocenters. The molecule has 2 rings (SSSR count). The Morgan fingerprint density at radius 2 is 1.80 bits per heavy atom. The van der Waals surface area contributed by atoms with Crippen LogP contribution in [-0.2, 0) is 0 Å². The number of nitrogens with zero attached hydrogens (tertiary/aromatic N) is 1. The second kappa shape index (κ2) is 6.31. The number of rotatable bonds is 4. The molecule has 0 fully saturated rings. The molecule has 1 aromatic carbocycles. The van der Waals surface area contributed by atoms with Crippen LogP contribution in [0.25, 0.3) is 0 Å². The molecule has 0 saturated heterocycles. The van der Waals surface area contributed by atoms with Gasteiger partial charge in [-0.1, -0.05) is 49.2 Å². The minimum absolute atomic E-state index is 0.251. The summed E-state index contributed by atoms with van der Waals surface area (Å²) < 4.78 is 5.64. The van der Waals surface area contributed by atoms with E-state index in [0.29, 0.717) is 27.5 Å². The quantitative estimate of drug-likeness (QED) is 0.640. The lowest BCUT2D eigenvalue weighted by atomic mass is 10.0. The zero-order valence-corrected chi connectivity index (χ0v) is 12.7. The van der Waals surface area contributed by atoms with Crippen molar-refractivity contribution in [2.45, 2.75) is 19.8 Å². The number of halogens is 2. The lowest BCUT2D eigenvalue weighted by Gasteiger charge is -2.11. The zero-order chi connectivity index (χ0) is 14.7. The van der Waals surface area contributed by atoms with E-state index in [1.165, 1.54) is 11.6 Å². The normalized spacial score (nSPS) is 10.7. The van der Waals surface area contributed by atoms with E-state index in [9.17, 15) is 0 Å². The third kappa shape index (κ3) is 3.33. The van der Waals surface area contributed by atoms with Gasteiger partial charge in [0.05, 0.1) is 5.02 Å². The Bertz CT molecular complexity index is 600. The van der Waals surface area contributed by atoms with E-state index in [1.807, 2.05) is 24.3 Å². The Kier molecular flexibility index (Phi) is 4.70. The van der Waals surface area contributed by atoms with Crippen LogP contribution in [0, 0.1) is 0 Å². The lowest BCUT2D eigenvalue weighted by molar-refractivity contribution is 0.463. The summed E-state index contributed by atoms with van der Waals surface area (Å²) in [6.07, 6.45) is 0. The SMILES string of the molecule is CC(C)c1ccc(Oc2nc(NN)c(Cl)cc2Cl)cc1. The summed E-state index contributed by atoms with van der Waals surface area (Å²) >= 11 is 12.0. The van der Waals surface area contributed by atoms with Crippen LogP contribution in [0.5, 0.6) is 11.6 Å². The average molecular weight is 312 g/mol. The van der Waals surface area contributed by atoms with Gasteiger partial charge >= 0.3 is 0 Å². The largest absolute Gasteiger partial charge is 0.437 e. The van der Waals surface area contributed by atoms with E-state index in [-0.39, 0.29) is 5.88 Å². The number of nitrogens with two attached hydrogens (primary N) is 1. The fourth-order valence-electron chi connectivity index (χ4n) is 1.65. The summed E-state index contributed by atoms with van der Waals surface area (Å²) in [4.78, 5) is 4.12. The molecule has 0 amide bonds. The van der Waals surface area contributed by atoms with Gasteiger partial charge in [-0.2, -0.15) is 4.98 Å². The molecule has 0 radical (unpaired) electrons. The number of anilines is 1. The molecule has 0 bridgehead atoms. The molecule has 0 spiro atoms. The Balaban J connectivity index is 2.25. The number of ether oxygens (including phenoxy) is 1. The summed E-state index contributed by atoms with van der Waals surface area (Å²) in [6.45, 7) is 4.26. The number of benzene rings is 1. The average Bonchev–Trinajstić information content (AvgIpc) is 2.42. The number of hydrazine groups is 1. The van der Waals surface area contributed by atoms with E-state index >= 15 is 0 Å². The van der Waals surface area contributed by atoms with E-state index in [4.69, 9.17) is 33.8 Å². The van der Waals surface area contributed by atoms with Gasteiger partial charge in [0, 0.05) is 0 Å². The number of hydrogen-bond acceptors (Lipinski definition) is 4. The minimum Gasteiger partial charge on any atom is -0.437 e. The summed E-state index contributed by atoms with van der Waals surface area (Å²) in [5, 5.41) is 0.655. The van der Waals surface area contributed by atoms with Crippen LogP contribution in [0.4, 0.5) is 5.82 Å². The molecule has 0 aliphatic carbocycles. The van der Waals surface area contributed by atoms with Crippen molar-refractivity contribution in [3.8, 4) is 11.6 Å². The molecule has 0 aliphatic rings. The maximum Gasteiger partial charge on any atom is 0.240 e. The fourth-order valence-corrected chi connectivity index (χ4v) is 2.11. The number of aromatic nitrogens is 1. The molecule has 0 aliphatic heterocycles. The van der Waals surface area contributed by atoms with Gasteiger partial charge in [-0.25, -0.2) is 5.84 Å². The van der Waals surface area contributed by atoms with E-state index in [1.54, 1.807) is 0 Å². The van der Waals surface area contributed by atoms with Crippen molar-refractivity contribution in [3.05, 3.63) is 45.9 Å². The standard InChI is InChI=1S/C14H15Cl2N3O/c1-8(2)9-3-5-10(6-4-9)20-14-12(16)7-11(15)13(18-14)19-17/h3-8H,17H2,1-2H3,(H,18,19). The molecule has 0 atom stereocenters. The van der Waals surface area contributed by atoms with Crippen molar-refractivity contribution >= 4 is 29.0 Å².